The lowest BCUT2D eigenvalue weighted by Crippen LogP contribution is -2.33. The molecule has 130 valence electrons. The summed E-state index contributed by atoms with van der Waals surface area (Å²) in [5, 5.41) is 7.99. The Morgan fingerprint density at radius 1 is 1.33 bits per heavy atom. The molecule has 1 N–H and O–H groups in total. The molecule has 2 aliphatic rings. The van der Waals surface area contributed by atoms with Gasteiger partial charge in [0.15, 0.2) is 10.9 Å². The van der Waals surface area contributed by atoms with Crippen LogP contribution in [-0.4, -0.2) is 41.0 Å². The van der Waals surface area contributed by atoms with Crippen molar-refractivity contribution in [2.45, 2.75) is 48.8 Å². The molecule has 0 amide bonds. The van der Waals surface area contributed by atoms with Gasteiger partial charge in [0.05, 0.1) is 12.3 Å². The Labute approximate surface area is 139 Å². The van der Waals surface area contributed by atoms with Crippen LogP contribution in [0.25, 0.3) is 0 Å². The molecule has 4 rings (SSSR count). The second-order valence-electron chi connectivity index (χ2n) is 6.23. The van der Waals surface area contributed by atoms with E-state index in [0.717, 1.165) is 31.5 Å². The Bertz CT molecular complexity index is 826. The molecule has 9 nitrogen and oxygen atoms in total. The molecule has 3 heterocycles. The van der Waals surface area contributed by atoms with Crippen LogP contribution in [0.2, 0.25) is 0 Å². The second-order valence-corrected chi connectivity index (χ2v) is 7.95. The van der Waals surface area contributed by atoms with Gasteiger partial charge in [-0.05, 0) is 31.7 Å². The first-order chi connectivity index (χ1) is 11.5. The highest BCUT2D eigenvalue weighted by Crippen LogP contribution is 2.39. The average molecular weight is 353 g/mol. The third-order valence-corrected chi connectivity index (χ3v) is 5.83. The Morgan fingerprint density at radius 2 is 2.17 bits per heavy atom. The molecule has 0 radical (unpaired) electrons. The van der Waals surface area contributed by atoms with E-state index in [2.05, 4.69) is 20.0 Å². The lowest BCUT2D eigenvalue weighted by atomic mass is 10.2. The quantitative estimate of drug-likeness (QED) is 0.820. The van der Waals surface area contributed by atoms with E-state index in [-0.39, 0.29) is 23.8 Å². The van der Waals surface area contributed by atoms with Gasteiger partial charge in [-0.25, -0.2) is 13.1 Å². The van der Waals surface area contributed by atoms with E-state index < -0.39 is 10.0 Å². The monoisotopic (exact) mass is 353 g/mol. The van der Waals surface area contributed by atoms with E-state index in [1.165, 1.54) is 16.9 Å². The summed E-state index contributed by atoms with van der Waals surface area (Å²) in [4.78, 5) is 4.40. The van der Waals surface area contributed by atoms with Gasteiger partial charge in [0.1, 0.15) is 6.10 Å². The zero-order chi connectivity index (χ0) is 16.7. The molecule has 1 aliphatic heterocycles. The first-order valence-electron chi connectivity index (χ1n) is 7.99. The summed E-state index contributed by atoms with van der Waals surface area (Å²) >= 11 is 0. The summed E-state index contributed by atoms with van der Waals surface area (Å²) < 4.78 is 39.5. The SMILES string of the molecule is Cn1nccc1S(=O)(=O)NC[C@H]1CC[C@@H](c2nc(C3CC3)no2)O1. The number of aromatic nitrogens is 4. The molecule has 1 aliphatic carbocycles. The van der Waals surface area contributed by atoms with Crippen molar-refractivity contribution in [2.75, 3.05) is 6.54 Å². The number of sulfonamides is 1. The van der Waals surface area contributed by atoms with Crippen LogP contribution in [0.5, 0.6) is 0 Å². The van der Waals surface area contributed by atoms with Crippen LogP contribution in [0.3, 0.4) is 0 Å². The van der Waals surface area contributed by atoms with Gasteiger partial charge in [-0.1, -0.05) is 5.16 Å². The lowest BCUT2D eigenvalue weighted by molar-refractivity contribution is 0.0289. The number of aryl methyl sites for hydroxylation is 1. The number of rotatable bonds is 6. The minimum absolute atomic E-state index is 0.128. The van der Waals surface area contributed by atoms with E-state index in [4.69, 9.17) is 9.26 Å². The maximum Gasteiger partial charge on any atom is 0.257 e. The van der Waals surface area contributed by atoms with Crippen LogP contribution in [0.1, 0.15) is 49.4 Å². The molecule has 0 aromatic carbocycles. The van der Waals surface area contributed by atoms with E-state index >= 15 is 0 Å². The van der Waals surface area contributed by atoms with Crippen molar-refractivity contribution in [3.63, 3.8) is 0 Å². The molecule has 0 unspecified atom stereocenters. The molecular formula is C14H19N5O4S. The molecule has 2 aromatic heterocycles. The molecular weight excluding hydrogens is 334 g/mol. The third kappa shape index (κ3) is 3.08. The predicted octanol–water partition coefficient (Wildman–Crippen LogP) is 0.879. The number of nitrogens with one attached hydrogen (secondary N) is 1. The van der Waals surface area contributed by atoms with Crippen molar-refractivity contribution >= 4 is 10.0 Å². The average Bonchev–Trinajstić information content (AvgIpc) is 2.97. The highest BCUT2D eigenvalue weighted by molar-refractivity contribution is 7.89. The molecule has 24 heavy (non-hydrogen) atoms. The number of ether oxygens (including phenoxy) is 1. The predicted molar refractivity (Wildman–Crippen MR) is 81.5 cm³/mol. The first kappa shape index (κ1) is 15.7. The van der Waals surface area contributed by atoms with Gasteiger partial charge in [-0.15, -0.1) is 0 Å². The van der Waals surface area contributed by atoms with Crippen molar-refractivity contribution in [2.24, 2.45) is 7.05 Å². The van der Waals surface area contributed by atoms with Crippen LogP contribution in [0.15, 0.2) is 21.8 Å². The Morgan fingerprint density at radius 3 is 2.88 bits per heavy atom. The molecule has 1 saturated heterocycles. The van der Waals surface area contributed by atoms with Gasteiger partial charge in [0, 0.05) is 19.5 Å². The fraction of sp³-hybridized carbons (Fsp3) is 0.643. The zero-order valence-corrected chi connectivity index (χ0v) is 14.1. The molecule has 2 fully saturated rings. The van der Waals surface area contributed by atoms with E-state index in [1.807, 2.05) is 0 Å². The first-order valence-corrected chi connectivity index (χ1v) is 9.48. The number of hydrogen-bond donors (Lipinski definition) is 1. The third-order valence-electron chi connectivity index (χ3n) is 4.34. The molecule has 2 aromatic rings. The molecule has 0 spiro atoms. The fourth-order valence-corrected chi connectivity index (χ4v) is 4.01. The van der Waals surface area contributed by atoms with E-state index in [1.54, 1.807) is 7.05 Å². The smallest absolute Gasteiger partial charge is 0.257 e. The van der Waals surface area contributed by atoms with Crippen LogP contribution in [0.4, 0.5) is 0 Å². The van der Waals surface area contributed by atoms with Gasteiger partial charge in [0.25, 0.3) is 15.9 Å². The van der Waals surface area contributed by atoms with Gasteiger partial charge in [-0.2, -0.15) is 10.1 Å². The molecule has 1 saturated carbocycles. The summed E-state index contributed by atoms with van der Waals surface area (Å²) in [5.74, 6) is 1.69. The van der Waals surface area contributed by atoms with Crippen molar-refractivity contribution in [3.8, 4) is 0 Å². The normalized spacial score (nSPS) is 24.5. The van der Waals surface area contributed by atoms with Crippen molar-refractivity contribution in [1.29, 1.82) is 0 Å². The summed E-state index contributed by atoms with van der Waals surface area (Å²) in [7, 11) is -2.01. The van der Waals surface area contributed by atoms with Gasteiger partial charge in [0.2, 0.25) is 0 Å². The molecule has 0 bridgehead atoms. The summed E-state index contributed by atoms with van der Waals surface area (Å²) in [6.45, 7) is 0.202. The second kappa shape index (κ2) is 5.94. The highest BCUT2D eigenvalue weighted by Gasteiger charge is 2.34. The maximum absolute atomic E-state index is 12.2. The van der Waals surface area contributed by atoms with E-state index in [0.29, 0.717) is 11.8 Å². The van der Waals surface area contributed by atoms with Gasteiger partial charge in [-0.3, -0.25) is 4.68 Å². The Balaban J connectivity index is 1.34. The molecule has 10 heteroatoms. The van der Waals surface area contributed by atoms with Crippen molar-refractivity contribution < 1.29 is 17.7 Å². The van der Waals surface area contributed by atoms with Crippen LogP contribution >= 0.6 is 0 Å². The van der Waals surface area contributed by atoms with Gasteiger partial charge < -0.3 is 9.26 Å². The summed E-state index contributed by atoms with van der Waals surface area (Å²) in [6.07, 6.45) is 4.69. The fourth-order valence-electron chi connectivity index (χ4n) is 2.82. The molecule has 2 atom stereocenters. The van der Waals surface area contributed by atoms with Crippen LogP contribution in [0, 0.1) is 0 Å². The zero-order valence-electron chi connectivity index (χ0n) is 13.3. The Hall–Kier alpha value is -1.78. The Kier molecular flexibility index (Phi) is 3.89. The topological polar surface area (TPSA) is 112 Å². The van der Waals surface area contributed by atoms with Crippen LogP contribution < -0.4 is 4.72 Å². The maximum atomic E-state index is 12.2. The number of nitrogens with zero attached hydrogens (tertiary/aromatic N) is 4. The van der Waals surface area contributed by atoms with Crippen molar-refractivity contribution in [1.82, 2.24) is 24.6 Å². The number of hydrogen-bond acceptors (Lipinski definition) is 7. The van der Waals surface area contributed by atoms with Gasteiger partial charge >= 0.3 is 0 Å². The highest BCUT2D eigenvalue weighted by atomic mass is 32.2. The minimum atomic E-state index is -3.60. The minimum Gasteiger partial charge on any atom is -0.364 e. The summed E-state index contributed by atoms with van der Waals surface area (Å²) in [5.41, 5.74) is 0. The van der Waals surface area contributed by atoms with E-state index in [9.17, 15) is 8.42 Å². The van der Waals surface area contributed by atoms with Crippen LogP contribution in [-0.2, 0) is 21.8 Å². The largest absolute Gasteiger partial charge is 0.364 e. The summed E-state index contributed by atoms with van der Waals surface area (Å²) in [6, 6.07) is 1.46. The lowest BCUT2D eigenvalue weighted by Gasteiger charge is -2.12. The van der Waals surface area contributed by atoms with Crippen molar-refractivity contribution in [3.05, 3.63) is 24.0 Å². The standard InChI is InChI=1S/C14H19N5O4S/c1-19-12(6-7-15-19)24(20,21)16-8-10-4-5-11(22-10)14-17-13(18-23-14)9-2-3-9/h6-7,9-11,16H,2-5,8H2,1H3/t10-,11+/m1/s1.